The largest absolute Gasteiger partial charge is 0.496 e. The number of carbonyl (C=O) groups is 2. The zero-order valence-corrected chi connectivity index (χ0v) is 13.9. The van der Waals surface area contributed by atoms with Gasteiger partial charge >= 0.3 is 0 Å². The molecule has 0 spiro atoms. The maximum absolute atomic E-state index is 12.5. The molecule has 0 bridgehead atoms. The maximum Gasteiger partial charge on any atom is 0.255 e. The zero-order chi connectivity index (χ0) is 16.9. The summed E-state index contributed by atoms with van der Waals surface area (Å²) in [6.45, 7) is 2.08. The minimum atomic E-state index is -0.148. The van der Waals surface area contributed by atoms with Gasteiger partial charge < -0.3 is 15.0 Å². The van der Waals surface area contributed by atoms with Crippen LogP contribution in [-0.4, -0.2) is 43.5 Å². The molecule has 0 aromatic heterocycles. The van der Waals surface area contributed by atoms with Gasteiger partial charge in [0.25, 0.3) is 5.91 Å². The Hall–Kier alpha value is -2.56. The quantitative estimate of drug-likeness (QED) is 0.830. The first-order valence-corrected chi connectivity index (χ1v) is 8.32. The number of likely N-dealkylation sites (tertiary alicyclic amines) is 1. The Bertz CT molecular complexity index is 757. The van der Waals surface area contributed by atoms with Gasteiger partial charge in [-0.15, -0.1) is 0 Å². The van der Waals surface area contributed by atoms with E-state index in [4.69, 9.17) is 4.74 Å². The Morgan fingerprint density at radius 1 is 1.25 bits per heavy atom. The third-order valence-corrected chi connectivity index (χ3v) is 4.37. The van der Waals surface area contributed by atoms with E-state index < -0.39 is 0 Å². The van der Waals surface area contributed by atoms with Crippen LogP contribution >= 0.6 is 0 Å². The molecule has 1 N–H and O–H groups in total. The predicted molar refractivity (Wildman–Crippen MR) is 93.3 cm³/mol. The maximum atomic E-state index is 12.5. The fourth-order valence-electron chi connectivity index (χ4n) is 3.07. The molecule has 5 nitrogen and oxygen atoms in total. The number of nitrogens with one attached hydrogen (secondary N) is 1. The van der Waals surface area contributed by atoms with Crippen LogP contribution in [0.1, 0.15) is 29.6 Å². The Balaban J connectivity index is 1.61. The standard InChI is InChI=1S/C19H22N2O3/c1-24-17-13-15-7-3-2-6-14(15)12-16(17)19(23)20-9-5-11-21-10-4-8-18(21)22/h2-3,6-7,12-13H,4-5,8-11H2,1H3,(H,20,23). The fraction of sp³-hybridized carbons (Fsp3) is 0.368. The van der Waals surface area contributed by atoms with Crippen LogP contribution in [0, 0.1) is 0 Å². The highest BCUT2D eigenvalue weighted by molar-refractivity contribution is 6.01. The van der Waals surface area contributed by atoms with E-state index in [2.05, 4.69) is 5.32 Å². The lowest BCUT2D eigenvalue weighted by molar-refractivity contribution is -0.127. The third kappa shape index (κ3) is 3.50. The van der Waals surface area contributed by atoms with Gasteiger partial charge in [-0.25, -0.2) is 0 Å². The van der Waals surface area contributed by atoms with Gasteiger partial charge in [0, 0.05) is 26.1 Å². The van der Waals surface area contributed by atoms with Crippen LogP contribution in [0.25, 0.3) is 10.8 Å². The van der Waals surface area contributed by atoms with Crippen LogP contribution in [0.2, 0.25) is 0 Å². The van der Waals surface area contributed by atoms with Gasteiger partial charge in [0.05, 0.1) is 12.7 Å². The average molecular weight is 326 g/mol. The van der Waals surface area contributed by atoms with Crippen LogP contribution in [0.15, 0.2) is 36.4 Å². The van der Waals surface area contributed by atoms with Crippen LogP contribution < -0.4 is 10.1 Å². The third-order valence-electron chi connectivity index (χ3n) is 4.37. The number of ether oxygens (including phenoxy) is 1. The van der Waals surface area contributed by atoms with Crippen LogP contribution in [0.4, 0.5) is 0 Å². The highest BCUT2D eigenvalue weighted by Crippen LogP contribution is 2.25. The molecule has 1 saturated heterocycles. The van der Waals surface area contributed by atoms with Crippen molar-refractivity contribution in [3.63, 3.8) is 0 Å². The number of carbonyl (C=O) groups excluding carboxylic acids is 2. The van der Waals surface area contributed by atoms with Gasteiger partial charge in [0.2, 0.25) is 5.91 Å². The normalized spacial score (nSPS) is 14.2. The van der Waals surface area contributed by atoms with Gasteiger partial charge in [-0.3, -0.25) is 9.59 Å². The molecule has 24 heavy (non-hydrogen) atoms. The molecule has 3 rings (SSSR count). The lowest BCUT2D eigenvalue weighted by Crippen LogP contribution is -2.30. The van der Waals surface area contributed by atoms with Crippen molar-refractivity contribution in [2.24, 2.45) is 0 Å². The lowest BCUT2D eigenvalue weighted by atomic mass is 10.1. The smallest absolute Gasteiger partial charge is 0.255 e. The molecule has 1 fully saturated rings. The fourth-order valence-corrected chi connectivity index (χ4v) is 3.07. The number of benzene rings is 2. The SMILES string of the molecule is COc1cc2ccccc2cc1C(=O)NCCCN1CCCC1=O. The second-order valence-electron chi connectivity index (χ2n) is 5.99. The first-order chi connectivity index (χ1) is 11.7. The highest BCUT2D eigenvalue weighted by atomic mass is 16.5. The summed E-state index contributed by atoms with van der Waals surface area (Å²) in [6, 6.07) is 11.6. The van der Waals surface area contributed by atoms with E-state index in [9.17, 15) is 9.59 Å². The second-order valence-corrected chi connectivity index (χ2v) is 5.99. The number of nitrogens with zero attached hydrogens (tertiary/aromatic N) is 1. The van der Waals surface area contributed by atoms with Gasteiger partial charge in [0.15, 0.2) is 0 Å². The van der Waals surface area contributed by atoms with E-state index >= 15 is 0 Å². The number of rotatable bonds is 6. The molecule has 0 atom stereocenters. The van der Waals surface area contributed by atoms with E-state index in [0.717, 1.165) is 30.2 Å². The van der Waals surface area contributed by atoms with Crippen LogP contribution in [0.5, 0.6) is 5.75 Å². The van der Waals surface area contributed by atoms with Crippen molar-refractivity contribution in [3.8, 4) is 5.75 Å². The first-order valence-electron chi connectivity index (χ1n) is 8.32. The molecule has 5 heteroatoms. The predicted octanol–water partition coefficient (Wildman–Crippen LogP) is 2.59. The topological polar surface area (TPSA) is 58.6 Å². The van der Waals surface area contributed by atoms with E-state index in [1.54, 1.807) is 7.11 Å². The van der Waals surface area contributed by atoms with Crippen molar-refractivity contribution in [2.45, 2.75) is 19.3 Å². The van der Waals surface area contributed by atoms with E-state index in [-0.39, 0.29) is 11.8 Å². The molecule has 0 radical (unpaired) electrons. The van der Waals surface area contributed by atoms with Gasteiger partial charge in [-0.1, -0.05) is 24.3 Å². The van der Waals surface area contributed by atoms with Crippen molar-refractivity contribution >= 4 is 22.6 Å². The van der Waals surface area contributed by atoms with Crippen molar-refractivity contribution in [1.29, 1.82) is 0 Å². The second kappa shape index (κ2) is 7.34. The van der Waals surface area contributed by atoms with Gasteiger partial charge in [-0.2, -0.15) is 0 Å². The summed E-state index contributed by atoms with van der Waals surface area (Å²) in [4.78, 5) is 25.9. The van der Waals surface area contributed by atoms with Crippen molar-refractivity contribution in [1.82, 2.24) is 10.2 Å². The Morgan fingerprint density at radius 2 is 2.00 bits per heavy atom. The monoisotopic (exact) mass is 326 g/mol. The summed E-state index contributed by atoms with van der Waals surface area (Å²) in [5, 5.41) is 4.97. The number of fused-ring (bicyclic) bond motifs is 1. The van der Waals surface area contributed by atoms with E-state index in [1.165, 1.54) is 0 Å². The minimum Gasteiger partial charge on any atom is -0.496 e. The zero-order valence-electron chi connectivity index (χ0n) is 13.9. The molecule has 2 aromatic carbocycles. The summed E-state index contributed by atoms with van der Waals surface area (Å²) in [6.07, 6.45) is 2.35. The first kappa shape index (κ1) is 16.3. The lowest BCUT2D eigenvalue weighted by Gasteiger charge is -2.15. The Morgan fingerprint density at radius 3 is 2.67 bits per heavy atom. The Kier molecular flexibility index (Phi) is 4.99. The number of hydrogen-bond acceptors (Lipinski definition) is 3. The van der Waals surface area contributed by atoms with Crippen molar-refractivity contribution in [3.05, 3.63) is 42.0 Å². The summed E-state index contributed by atoms with van der Waals surface area (Å²) < 4.78 is 5.36. The number of amides is 2. The molecule has 0 saturated carbocycles. The minimum absolute atomic E-state index is 0.148. The summed E-state index contributed by atoms with van der Waals surface area (Å²) in [5.41, 5.74) is 0.536. The van der Waals surface area contributed by atoms with E-state index in [1.807, 2.05) is 41.3 Å². The Labute approximate surface area is 141 Å². The summed E-state index contributed by atoms with van der Waals surface area (Å²) >= 11 is 0. The molecule has 1 aliphatic rings. The molecule has 2 aromatic rings. The van der Waals surface area contributed by atoms with Gasteiger partial charge in [0.1, 0.15) is 5.75 Å². The van der Waals surface area contributed by atoms with Crippen LogP contribution in [-0.2, 0) is 4.79 Å². The van der Waals surface area contributed by atoms with Gasteiger partial charge in [-0.05, 0) is 35.7 Å². The molecule has 126 valence electrons. The van der Waals surface area contributed by atoms with Crippen LogP contribution in [0.3, 0.4) is 0 Å². The molecular weight excluding hydrogens is 304 g/mol. The number of hydrogen-bond donors (Lipinski definition) is 1. The average Bonchev–Trinajstić information content (AvgIpc) is 3.02. The van der Waals surface area contributed by atoms with E-state index in [0.29, 0.717) is 30.8 Å². The molecular formula is C19H22N2O3. The molecule has 0 aliphatic carbocycles. The summed E-state index contributed by atoms with van der Waals surface area (Å²) in [5.74, 6) is 0.642. The molecule has 2 amide bonds. The summed E-state index contributed by atoms with van der Waals surface area (Å²) in [7, 11) is 1.57. The number of methoxy groups -OCH3 is 1. The van der Waals surface area contributed by atoms with Crippen molar-refractivity contribution in [2.75, 3.05) is 26.7 Å². The molecule has 1 heterocycles. The molecule has 0 unspecified atom stereocenters. The molecule has 1 aliphatic heterocycles. The van der Waals surface area contributed by atoms with Crippen molar-refractivity contribution < 1.29 is 14.3 Å². The highest BCUT2D eigenvalue weighted by Gasteiger charge is 2.19.